The molecular weight excluding hydrogens is 238 g/mol. The van der Waals surface area contributed by atoms with Crippen LogP contribution in [0, 0.1) is 6.92 Å². The number of aliphatic carboxylic acids is 1. The molecule has 0 bridgehead atoms. The van der Waals surface area contributed by atoms with E-state index < -0.39 is 11.5 Å². The summed E-state index contributed by atoms with van der Waals surface area (Å²) in [7, 11) is 0. The molecule has 2 aliphatic carbocycles. The third-order valence-electron chi connectivity index (χ3n) is 4.67. The van der Waals surface area contributed by atoms with Crippen LogP contribution in [0.5, 0.6) is 0 Å². The van der Waals surface area contributed by atoms with Gasteiger partial charge in [0.25, 0.3) is 0 Å². The molecular formula is C16H21NO2. The molecule has 1 atom stereocenters. The molecule has 2 aliphatic rings. The highest BCUT2D eigenvalue weighted by Gasteiger charge is 2.46. The molecule has 1 aromatic carbocycles. The van der Waals surface area contributed by atoms with Crippen molar-refractivity contribution in [3.05, 3.63) is 34.9 Å². The van der Waals surface area contributed by atoms with Crippen LogP contribution in [0.25, 0.3) is 0 Å². The first-order valence-corrected chi connectivity index (χ1v) is 7.23. The van der Waals surface area contributed by atoms with Crippen LogP contribution in [-0.4, -0.2) is 17.1 Å². The van der Waals surface area contributed by atoms with Gasteiger partial charge in [-0.25, -0.2) is 4.79 Å². The van der Waals surface area contributed by atoms with Crippen LogP contribution in [0.3, 0.4) is 0 Å². The fraction of sp³-hybridized carbons (Fsp3) is 0.562. The third-order valence-corrected chi connectivity index (χ3v) is 4.67. The van der Waals surface area contributed by atoms with Gasteiger partial charge in [0, 0.05) is 6.04 Å². The second kappa shape index (κ2) is 4.64. The van der Waals surface area contributed by atoms with Gasteiger partial charge in [0.15, 0.2) is 0 Å². The molecule has 19 heavy (non-hydrogen) atoms. The van der Waals surface area contributed by atoms with Crippen molar-refractivity contribution in [3.63, 3.8) is 0 Å². The molecule has 3 rings (SSSR count). The van der Waals surface area contributed by atoms with E-state index >= 15 is 0 Å². The van der Waals surface area contributed by atoms with E-state index in [0.29, 0.717) is 12.5 Å². The zero-order valence-electron chi connectivity index (χ0n) is 11.4. The summed E-state index contributed by atoms with van der Waals surface area (Å²) in [6.45, 7) is 2.03. The van der Waals surface area contributed by atoms with E-state index in [1.165, 1.54) is 18.4 Å². The lowest BCUT2D eigenvalue weighted by Gasteiger charge is -2.31. The fourth-order valence-electron chi connectivity index (χ4n) is 3.61. The van der Waals surface area contributed by atoms with Gasteiger partial charge >= 0.3 is 5.97 Å². The van der Waals surface area contributed by atoms with Crippen LogP contribution in [0.4, 0.5) is 0 Å². The van der Waals surface area contributed by atoms with E-state index in [9.17, 15) is 9.90 Å². The Morgan fingerprint density at radius 2 is 2.11 bits per heavy atom. The van der Waals surface area contributed by atoms with Crippen LogP contribution in [0.15, 0.2) is 18.2 Å². The quantitative estimate of drug-likeness (QED) is 0.877. The Bertz CT molecular complexity index is 505. The van der Waals surface area contributed by atoms with Crippen molar-refractivity contribution in [1.82, 2.24) is 5.32 Å². The van der Waals surface area contributed by atoms with E-state index in [4.69, 9.17) is 0 Å². The Kier molecular flexibility index (Phi) is 3.09. The van der Waals surface area contributed by atoms with Gasteiger partial charge in [0.1, 0.15) is 5.54 Å². The van der Waals surface area contributed by atoms with Crippen molar-refractivity contribution in [2.24, 2.45) is 0 Å². The van der Waals surface area contributed by atoms with E-state index in [0.717, 1.165) is 30.4 Å². The van der Waals surface area contributed by atoms with Gasteiger partial charge < -0.3 is 5.11 Å². The summed E-state index contributed by atoms with van der Waals surface area (Å²) in [5.41, 5.74) is 2.47. The standard InChI is InChI=1S/C16H21NO2/c1-11-6-7-12-8-9-16(15(18)19,14(12)10-11)17-13-4-2-3-5-13/h6-7,10,13,17H,2-5,8-9H2,1H3,(H,18,19). The zero-order valence-corrected chi connectivity index (χ0v) is 11.4. The Balaban J connectivity index is 1.99. The third kappa shape index (κ3) is 2.06. The van der Waals surface area contributed by atoms with Crippen molar-refractivity contribution >= 4 is 5.97 Å². The summed E-state index contributed by atoms with van der Waals surface area (Å²) < 4.78 is 0. The predicted molar refractivity (Wildman–Crippen MR) is 74.2 cm³/mol. The molecule has 0 radical (unpaired) electrons. The van der Waals surface area contributed by atoms with E-state index in [1.54, 1.807) is 0 Å². The van der Waals surface area contributed by atoms with E-state index in [-0.39, 0.29) is 0 Å². The molecule has 1 saturated carbocycles. The van der Waals surface area contributed by atoms with Gasteiger partial charge in [-0.1, -0.05) is 36.6 Å². The van der Waals surface area contributed by atoms with Crippen molar-refractivity contribution in [2.45, 2.75) is 57.0 Å². The van der Waals surface area contributed by atoms with Gasteiger partial charge in [-0.2, -0.15) is 0 Å². The van der Waals surface area contributed by atoms with Crippen LogP contribution in [0.1, 0.15) is 48.8 Å². The molecule has 2 N–H and O–H groups in total. The number of carbonyl (C=O) groups is 1. The van der Waals surface area contributed by atoms with Crippen LogP contribution < -0.4 is 5.32 Å². The summed E-state index contributed by atoms with van der Waals surface area (Å²) in [6, 6.07) is 6.58. The summed E-state index contributed by atoms with van der Waals surface area (Å²) in [6.07, 6.45) is 6.19. The summed E-state index contributed by atoms with van der Waals surface area (Å²) >= 11 is 0. The normalized spacial score (nSPS) is 26.6. The number of carboxylic acid groups (broad SMARTS) is 1. The van der Waals surface area contributed by atoms with Crippen molar-refractivity contribution in [3.8, 4) is 0 Å². The molecule has 0 amide bonds. The number of nitrogens with one attached hydrogen (secondary N) is 1. The minimum Gasteiger partial charge on any atom is -0.480 e. The summed E-state index contributed by atoms with van der Waals surface area (Å²) in [5.74, 6) is -0.719. The van der Waals surface area contributed by atoms with Gasteiger partial charge in [-0.15, -0.1) is 0 Å². The lowest BCUT2D eigenvalue weighted by molar-refractivity contribution is -0.145. The molecule has 0 heterocycles. The largest absolute Gasteiger partial charge is 0.480 e. The highest BCUT2D eigenvalue weighted by atomic mass is 16.4. The number of aryl methyl sites for hydroxylation is 2. The Morgan fingerprint density at radius 3 is 2.79 bits per heavy atom. The number of carboxylic acids is 1. The first-order valence-electron chi connectivity index (χ1n) is 7.23. The number of hydrogen-bond donors (Lipinski definition) is 2. The molecule has 102 valence electrons. The maximum atomic E-state index is 11.9. The number of hydrogen-bond acceptors (Lipinski definition) is 2. The Morgan fingerprint density at radius 1 is 1.37 bits per heavy atom. The second-order valence-electron chi connectivity index (χ2n) is 6.00. The number of benzene rings is 1. The molecule has 3 nitrogen and oxygen atoms in total. The van der Waals surface area contributed by atoms with Crippen molar-refractivity contribution in [2.75, 3.05) is 0 Å². The topological polar surface area (TPSA) is 49.3 Å². The van der Waals surface area contributed by atoms with Crippen molar-refractivity contribution in [1.29, 1.82) is 0 Å². The van der Waals surface area contributed by atoms with E-state index in [1.807, 2.05) is 6.92 Å². The van der Waals surface area contributed by atoms with Crippen molar-refractivity contribution < 1.29 is 9.90 Å². The summed E-state index contributed by atoms with van der Waals surface area (Å²) in [5, 5.41) is 13.3. The molecule has 1 unspecified atom stereocenters. The van der Waals surface area contributed by atoms with Gasteiger partial charge in [0.05, 0.1) is 0 Å². The van der Waals surface area contributed by atoms with Crippen LogP contribution >= 0.6 is 0 Å². The molecule has 0 spiro atoms. The monoisotopic (exact) mass is 259 g/mol. The number of fused-ring (bicyclic) bond motifs is 1. The average molecular weight is 259 g/mol. The Hall–Kier alpha value is -1.35. The molecule has 1 aromatic rings. The molecule has 0 saturated heterocycles. The molecule has 0 aromatic heterocycles. The lowest BCUT2D eigenvalue weighted by Crippen LogP contribution is -2.51. The highest BCUT2D eigenvalue weighted by molar-refractivity contribution is 5.82. The van der Waals surface area contributed by atoms with Crippen LogP contribution in [-0.2, 0) is 16.8 Å². The minimum atomic E-state index is -0.851. The number of rotatable bonds is 3. The first kappa shape index (κ1) is 12.7. The Labute approximate surface area is 114 Å². The first-order chi connectivity index (χ1) is 9.12. The average Bonchev–Trinajstić information content (AvgIpc) is 2.99. The van der Waals surface area contributed by atoms with Gasteiger partial charge in [-0.05, 0) is 43.7 Å². The SMILES string of the molecule is Cc1ccc2c(c1)C(NC1CCCC1)(C(=O)O)CC2. The van der Waals surface area contributed by atoms with Gasteiger partial charge in [0.2, 0.25) is 0 Å². The lowest BCUT2D eigenvalue weighted by atomic mass is 9.89. The molecule has 3 heteroatoms. The zero-order chi connectivity index (χ0) is 13.5. The minimum absolute atomic E-state index is 0.363. The smallest absolute Gasteiger partial charge is 0.328 e. The maximum Gasteiger partial charge on any atom is 0.328 e. The van der Waals surface area contributed by atoms with E-state index in [2.05, 4.69) is 23.5 Å². The molecule has 0 aliphatic heterocycles. The van der Waals surface area contributed by atoms with Gasteiger partial charge in [-0.3, -0.25) is 5.32 Å². The second-order valence-corrected chi connectivity index (χ2v) is 6.00. The summed E-state index contributed by atoms with van der Waals surface area (Å²) in [4.78, 5) is 11.9. The fourth-order valence-corrected chi connectivity index (χ4v) is 3.61. The predicted octanol–water partition coefficient (Wildman–Crippen LogP) is 2.75. The molecule has 1 fully saturated rings. The van der Waals surface area contributed by atoms with Crippen LogP contribution in [0.2, 0.25) is 0 Å². The highest BCUT2D eigenvalue weighted by Crippen LogP contribution is 2.39. The maximum absolute atomic E-state index is 11.9.